The molecule has 2 rings (SSSR count). The maximum atomic E-state index is 10.4. The fourth-order valence-electron chi connectivity index (χ4n) is 2.64. The van der Waals surface area contributed by atoms with E-state index in [4.69, 9.17) is 0 Å². The Bertz CT molecular complexity index is 347. The molecule has 1 saturated carbocycles. The Balaban J connectivity index is 1.83. The standard InChI is InChI=1S/C13H23N3O/c1-10-12(11(2)16-15-10)8-14-9-13(17)6-4-3-5-7-13/h14,17H,3-9H2,1-2H3,(H,15,16). The van der Waals surface area contributed by atoms with Gasteiger partial charge in [0.2, 0.25) is 0 Å². The predicted molar refractivity (Wildman–Crippen MR) is 67.8 cm³/mol. The molecule has 1 fully saturated rings. The molecule has 4 nitrogen and oxygen atoms in total. The van der Waals surface area contributed by atoms with Crippen LogP contribution in [0.1, 0.15) is 49.1 Å². The number of aromatic nitrogens is 2. The van der Waals surface area contributed by atoms with Crippen LogP contribution in [0.3, 0.4) is 0 Å². The number of hydrogen-bond acceptors (Lipinski definition) is 3. The molecular weight excluding hydrogens is 214 g/mol. The number of aliphatic hydroxyl groups is 1. The zero-order valence-corrected chi connectivity index (χ0v) is 10.8. The van der Waals surface area contributed by atoms with Crippen LogP contribution in [-0.4, -0.2) is 27.4 Å². The molecule has 1 heterocycles. The topological polar surface area (TPSA) is 60.9 Å². The van der Waals surface area contributed by atoms with Gasteiger partial charge in [-0.3, -0.25) is 5.10 Å². The molecule has 0 radical (unpaired) electrons. The van der Waals surface area contributed by atoms with Gasteiger partial charge in [-0.25, -0.2) is 0 Å². The Morgan fingerprint density at radius 2 is 2.00 bits per heavy atom. The highest BCUT2D eigenvalue weighted by Gasteiger charge is 2.28. The Kier molecular flexibility index (Phi) is 3.84. The van der Waals surface area contributed by atoms with E-state index in [0.29, 0.717) is 6.54 Å². The van der Waals surface area contributed by atoms with E-state index < -0.39 is 5.60 Å². The van der Waals surface area contributed by atoms with E-state index >= 15 is 0 Å². The zero-order valence-electron chi connectivity index (χ0n) is 10.8. The minimum Gasteiger partial charge on any atom is -0.389 e. The van der Waals surface area contributed by atoms with Crippen molar-refractivity contribution in [2.75, 3.05) is 6.54 Å². The van der Waals surface area contributed by atoms with Crippen LogP contribution in [0.15, 0.2) is 0 Å². The van der Waals surface area contributed by atoms with Crippen molar-refractivity contribution in [3.63, 3.8) is 0 Å². The smallest absolute Gasteiger partial charge is 0.0771 e. The maximum absolute atomic E-state index is 10.4. The lowest BCUT2D eigenvalue weighted by atomic mass is 9.85. The largest absolute Gasteiger partial charge is 0.389 e. The van der Waals surface area contributed by atoms with Crippen molar-refractivity contribution in [2.45, 2.75) is 58.1 Å². The number of hydrogen-bond donors (Lipinski definition) is 3. The number of H-pyrrole nitrogens is 1. The molecule has 0 unspecified atom stereocenters. The molecule has 0 aliphatic heterocycles. The van der Waals surface area contributed by atoms with E-state index in [0.717, 1.165) is 43.6 Å². The first kappa shape index (κ1) is 12.6. The van der Waals surface area contributed by atoms with Gasteiger partial charge in [-0.15, -0.1) is 0 Å². The van der Waals surface area contributed by atoms with Crippen molar-refractivity contribution in [3.05, 3.63) is 17.0 Å². The number of nitrogens with one attached hydrogen (secondary N) is 2. The van der Waals surface area contributed by atoms with Crippen LogP contribution in [-0.2, 0) is 6.54 Å². The van der Waals surface area contributed by atoms with Crippen LogP contribution < -0.4 is 5.32 Å². The summed E-state index contributed by atoms with van der Waals surface area (Å²) in [6.45, 7) is 5.52. The molecular formula is C13H23N3O. The Morgan fingerprint density at radius 3 is 2.59 bits per heavy atom. The van der Waals surface area contributed by atoms with Gasteiger partial charge in [-0.1, -0.05) is 19.3 Å². The molecule has 1 aliphatic carbocycles. The van der Waals surface area contributed by atoms with Gasteiger partial charge in [0, 0.05) is 24.3 Å². The van der Waals surface area contributed by atoms with Crippen molar-refractivity contribution in [1.29, 1.82) is 0 Å². The number of nitrogens with zero attached hydrogens (tertiary/aromatic N) is 1. The molecule has 4 heteroatoms. The summed E-state index contributed by atoms with van der Waals surface area (Å²) in [7, 11) is 0. The summed E-state index contributed by atoms with van der Waals surface area (Å²) >= 11 is 0. The first-order valence-electron chi connectivity index (χ1n) is 6.54. The first-order valence-corrected chi connectivity index (χ1v) is 6.54. The van der Waals surface area contributed by atoms with Crippen LogP contribution in [0.4, 0.5) is 0 Å². The highest BCUT2D eigenvalue weighted by molar-refractivity contribution is 5.22. The molecule has 0 amide bonds. The van der Waals surface area contributed by atoms with Gasteiger partial charge in [-0.05, 0) is 26.7 Å². The summed E-state index contributed by atoms with van der Waals surface area (Å²) in [6, 6.07) is 0. The van der Waals surface area contributed by atoms with Gasteiger partial charge in [0.05, 0.1) is 11.3 Å². The minimum atomic E-state index is -0.482. The predicted octanol–water partition coefficient (Wildman–Crippen LogP) is 1.81. The second-order valence-electron chi connectivity index (χ2n) is 5.30. The number of rotatable bonds is 4. The first-order chi connectivity index (χ1) is 8.11. The summed E-state index contributed by atoms with van der Waals surface area (Å²) in [5.74, 6) is 0. The molecule has 0 saturated heterocycles. The van der Waals surface area contributed by atoms with E-state index in [1.807, 2.05) is 13.8 Å². The van der Waals surface area contributed by atoms with Gasteiger partial charge in [-0.2, -0.15) is 5.10 Å². The Hall–Kier alpha value is -0.870. The highest BCUT2D eigenvalue weighted by atomic mass is 16.3. The van der Waals surface area contributed by atoms with Gasteiger partial charge >= 0.3 is 0 Å². The third kappa shape index (κ3) is 3.07. The fraction of sp³-hybridized carbons (Fsp3) is 0.769. The van der Waals surface area contributed by atoms with Gasteiger partial charge in [0.25, 0.3) is 0 Å². The fourth-order valence-corrected chi connectivity index (χ4v) is 2.64. The summed E-state index contributed by atoms with van der Waals surface area (Å²) < 4.78 is 0. The molecule has 17 heavy (non-hydrogen) atoms. The number of aryl methyl sites for hydroxylation is 2. The van der Waals surface area contributed by atoms with E-state index in [1.165, 1.54) is 12.0 Å². The van der Waals surface area contributed by atoms with Gasteiger partial charge in [0.1, 0.15) is 0 Å². The summed E-state index contributed by atoms with van der Waals surface area (Å²) in [5.41, 5.74) is 2.91. The number of aromatic amines is 1. The molecule has 1 aromatic heterocycles. The molecule has 1 aliphatic rings. The van der Waals surface area contributed by atoms with E-state index in [-0.39, 0.29) is 0 Å². The van der Waals surface area contributed by atoms with Crippen LogP contribution in [0.2, 0.25) is 0 Å². The lowest BCUT2D eigenvalue weighted by molar-refractivity contribution is 0.00465. The van der Waals surface area contributed by atoms with Crippen LogP contribution >= 0.6 is 0 Å². The van der Waals surface area contributed by atoms with E-state index in [1.54, 1.807) is 0 Å². The van der Waals surface area contributed by atoms with E-state index in [9.17, 15) is 5.11 Å². The lowest BCUT2D eigenvalue weighted by Crippen LogP contribution is -2.42. The van der Waals surface area contributed by atoms with Crippen molar-refractivity contribution >= 4 is 0 Å². The molecule has 96 valence electrons. The quantitative estimate of drug-likeness (QED) is 0.748. The molecule has 0 aromatic carbocycles. The minimum absolute atomic E-state index is 0.482. The lowest BCUT2D eigenvalue weighted by Gasteiger charge is -2.32. The SMILES string of the molecule is Cc1n[nH]c(C)c1CNCC1(O)CCCCC1. The Morgan fingerprint density at radius 1 is 1.29 bits per heavy atom. The summed E-state index contributed by atoms with van der Waals surface area (Å²) in [4.78, 5) is 0. The van der Waals surface area contributed by atoms with Gasteiger partial charge < -0.3 is 10.4 Å². The van der Waals surface area contributed by atoms with Crippen LogP contribution in [0.5, 0.6) is 0 Å². The zero-order chi connectivity index (χ0) is 12.3. The van der Waals surface area contributed by atoms with Crippen LogP contribution in [0.25, 0.3) is 0 Å². The van der Waals surface area contributed by atoms with Crippen LogP contribution in [0, 0.1) is 13.8 Å². The second kappa shape index (κ2) is 5.19. The van der Waals surface area contributed by atoms with Crippen molar-refractivity contribution in [3.8, 4) is 0 Å². The summed E-state index contributed by atoms with van der Waals surface area (Å²) in [6.07, 6.45) is 5.44. The highest BCUT2D eigenvalue weighted by Crippen LogP contribution is 2.27. The van der Waals surface area contributed by atoms with Crippen molar-refractivity contribution in [1.82, 2.24) is 15.5 Å². The van der Waals surface area contributed by atoms with Crippen molar-refractivity contribution in [2.24, 2.45) is 0 Å². The molecule has 3 N–H and O–H groups in total. The third-order valence-corrected chi connectivity index (χ3v) is 3.82. The average Bonchev–Trinajstić information content (AvgIpc) is 2.61. The molecule has 1 aromatic rings. The molecule has 0 bridgehead atoms. The average molecular weight is 237 g/mol. The normalized spacial score (nSPS) is 19.5. The molecule has 0 spiro atoms. The maximum Gasteiger partial charge on any atom is 0.0771 e. The second-order valence-corrected chi connectivity index (χ2v) is 5.30. The third-order valence-electron chi connectivity index (χ3n) is 3.82. The van der Waals surface area contributed by atoms with E-state index in [2.05, 4.69) is 15.5 Å². The molecule has 0 atom stereocenters. The Labute approximate surface area is 103 Å². The monoisotopic (exact) mass is 237 g/mol. The summed E-state index contributed by atoms with van der Waals surface area (Å²) in [5, 5.41) is 20.9. The van der Waals surface area contributed by atoms with Crippen molar-refractivity contribution < 1.29 is 5.11 Å². The van der Waals surface area contributed by atoms with Gasteiger partial charge in [0.15, 0.2) is 0 Å².